The van der Waals surface area contributed by atoms with Crippen LogP contribution in [0.5, 0.6) is 0 Å². The molecule has 0 unspecified atom stereocenters. The van der Waals surface area contributed by atoms with Crippen LogP contribution in [0.4, 0.5) is 4.39 Å². The van der Waals surface area contributed by atoms with E-state index in [9.17, 15) is 4.39 Å². The summed E-state index contributed by atoms with van der Waals surface area (Å²) in [6, 6.07) is 8.77. The standard InChI is InChI=1S/C14H7BrCl2FIN2/c15-8-4-13-11(5-10(8)18)20-14(6-16)21(13)12-2-1-7(19)3-9(12)17/h1-5H,6H2. The summed E-state index contributed by atoms with van der Waals surface area (Å²) in [7, 11) is 0. The van der Waals surface area contributed by atoms with E-state index in [1.54, 1.807) is 6.07 Å². The Bertz CT molecular complexity index is 851. The maximum Gasteiger partial charge on any atom is 0.139 e. The molecule has 21 heavy (non-hydrogen) atoms. The van der Waals surface area contributed by atoms with Gasteiger partial charge in [0.25, 0.3) is 0 Å². The molecule has 7 heteroatoms. The van der Waals surface area contributed by atoms with Gasteiger partial charge >= 0.3 is 0 Å². The molecule has 3 aromatic rings. The van der Waals surface area contributed by atoms with Crippen LogP contribution in [0, 0.1) is 9.39 Å². The lowest BCUT2D eigenvalue weighted by Crippen LogP contribution is -2.00. The molecule has 3 rings (SSSR count). The van der Waals surface area contributed by atoms with Crippen LogP contribution >= 0.6 is 61.7 Å². The number of benzene rings is 2. The van der Waals surface area contributed by atoms with Crippen LogP contribution in [-0.2, 0) is 5.88 Å². The Labute approximate surface area is 152 Å². The Morgan fingerprint density at radius 2 is 2.05 bits per heavy atom. The Kier molecular flexibility index (Phi) is 4.45. The predicted molar refractivity (Wildman–Crippen MR) is 96.0 cm³/mol. The second kappa shape index (κ2) is 6.02. The Morgan fingerprint density at radius 1 is 1.29 bits per heavy atom. The van der Waals surface area contributed by atoms with Gasteiger partial charge in [0.15, 0.2) is 0 Å². The number of nitrogens with zero attached hydrogens (tertiary/aromatic N) is 2. The van der Waals surface area contributed by atoms with Crippen LogP contribution in [0.2, 0.25) is 5.02 Å². The van der Waals surface area contributed by atoms with Crippen molar-refractivity contribution in [3.63, 3.8) is 0 Å². The van der Waals surface area contributed by atoms with Gasteiger partial charge < -0.3 is 0 Å². The lowest BCUT2D eigenvalue weighted by molar-refractivity contribution is 0.623. The van der Waals surface area contributed by atoms with Crippen molar-refractivity contribution in [3.8, 4) is 5.69 Å². The van der Waals surface area contributed by atoms with Crippen molar-refractivity contribution in [2.75, 3.05) is 0 Å². The SMILES string of the molecule is Fc1cc2nc(CCl)n(-c3ccc(I)cc3Cl)c2cc1Br. The van der Waals surface area contributed by atoms with E-state index in [0.717, 1.165) is 14.8 Å². The molecule has 0 spiro atoms. The molecule has 0 saturated heterocycles. The van der Waals surface area contributed by atoms with Crippen molar-refractivity contribution < 1.29 is 4.39 Å². The molecule has 0 N–H and O–H groups in total. The molecule has 108 valence electrons. The number of alkyl halides is 1. The molecule has 2 nitrogen and oxygen atoms in total. The molecule has 0 fully saturated rings. The summed E-state index contributed by atoms with van der Waals surface area (Å²) in [6.07, 6.45) is 0. The molecule has 0 aliphatic carbocycles. The fraction of sp³-hybridized carbons (Fsp3) is 0.0714. The quantitative estimate of drug-likeness (QED) is 0.316. The average Bonchev–Trinajstić information content (AvgIpc) is 2.77. The highest BCUT2D eigenvalue weighted by Gasteiger charge is 2.16. The van der Waals surface area contributed by atoms with Crippen molar-refractivity contribution in [1.29, 1.82) is 0 Å². The molecule has 0 aliphatic rings. The summed E-state index contributed by atoms with van der Waals surface area (Å²) < 4.78 is 16.9. The van der Waals surface area contributed by atoms with Crippen LogP contribution in [0.3, 0.4) is 0 Å². The van der Waals surface area contributed by atoms with Crippen molar-refractivity contribution in [2.45, 2.75) is 5.88 Å². The third-order valence-corrected chi connectivity index (χ3v) is 4.86. The van der Waals surface area contributed by atoms with E-state index >= 15 is 0 Å². The van der Waals surface area contributed by atoms with Crippen molar-refractivity contribution >= 4 is 72.8 Å². The average molecular weight is 500 g/mol. The first-order valence-corrected chi connectivity index (χ1v) is 8.67. The van der Waals surface area contributed by atoms with E-state index in [2.05, 4.69) is 43.5 Å². The Hall–Kier alpha value is -0.370. The Balaban J connectivity index is 2.37. The van der Waals surface area contributed by atoms with Gasteiger partial charge in [0, 0.05) is 9.64 Å². The predicted octanol–water partition coefficient (Wildman–Crippen LogP) is 5.92. The third kappa shape index (κ3) is 2.81. The minimum atomic E-state index is -0.359. The molecule has 1 aromatic heterocycles. The highest BCUT2D eigenvalue weighted by atomic mass is 127. The number of fused-ring (bicyclic) bond motifs is 1. The van der Waals surface area contributed by atoms with E-state index in [-0.39, 0.29) is 11.7 Å². The van der Waals surface area contributed by atoms with Gasteiger partial charge in [0.1, 0.15) is 11.6 Å². The second-order valence-electron chi connectivity index (χ2n) is 4.35. The van der Waals surface area contributed by atoms with Crippen LogP contribution in [0.1, 0.15) is 5.82 Å². The molecular formula is C14H7BrCl2FIN2. The van der Waals surface area contributed by atoms with Crippen LogP contribution in [0.25, 0.3) is 16.7 Å². The summed E-state index contributed by atoms with van der Waals surface area (Å²) in [4.78, 5) is 4.38. The normalized spacial score (nSPS) is 11.3. The van der Waals surface area contributed by atoms with Crippen molar-refractivity contribution in [1.82, 2.24) is 9.55 Å². The number of hydrogen-bond donors (Lipinski definition) is 0. The van der Waals surface area contributed by atoms with Crippen LogP contribution < -0.4 is 0 Å². The van der Waals surface area contributed by atoms with Crippen molar-refractivity contribution in [2.24, 2.45) is 0 Å². The number of rotatable bonds is 2. The molecule has 0 radical (unpaired) electrons. The van der Waals surface area contributed by atoms with Gasteiger partial charge in [-0.25, -0.2) is 9.37 Å². The van der Waals surface area contributed by atoms with Gasteiger partial charge in [-0.2, -0.15) is 0 Å². The molecular weight excluding hydrogens is 493 g/mol. The summed E-state index contributed by atoms with van der Waals surface area (Å²) in [5.41, 5.74) is 2.07. The van der Waals surface area contributed by atoms with E-state index in [0.29, 0.717) is 20.8 Å². The van der Waals surface area contributed by atoms with E-state index in [1.807, 2.05) is 22.8 Å². The van der Waals surface area contributed by atoms with Gasteiger partial charge in [-0.3, -0.25) is 4.57 Å². The summed E-state index contributed by atoms with van der Waals surface area (Å²) in [5, 5.41) is 0.591. The topological polar surface area (TPSA) is 17.8 Å². The maximum atomic E-state index is 13.7. The zero-order valence-corrected chi connectivity index (χ0v) is 15.6. The fourth-order valence-corrected chi connectivity index (χ4v) is 3.59. The first kappa shape index (κ1) is 15.5. The van der Waals surface area contributed by atoms with E-state index in [4.69, 9.17) is 23.2 Å². The molecule has 0 bridgehead atoms. The van der Waals surface area contributed by atoms with E-state index in [1.165, 1.54) is 6.07 Å². The summed E-state index contributed by atoms with van der Waals surface area (Å²) in [6.45, 7) is 0. The molecule has 2 aromatic carbocycles. The summed E-state index contributed by atoms with van der Waals surface area (Å²) >= 11 is 17.7. The first-order chi connectivity index (χ1) is 10.0. The molecule has 0 aliphatic heterocycles. The minimum Gasteiger partial charge on any atom is -0.294 e. The maximum absolute atomic E-state index is 13.7. The third-order valence-electron chi connectivity index (χ3n) is 3.04. The zero-order valence-electron chi connectivity index (χ0n) is 10.4. The second-order valence-corrected chi connectivity index (χ2v) is 7.12. The Morgan fingerprint density at radius 3 is 2.71 bits per heavy atom. The van der Waals surface area contributed by atoms with Gasteiger partial charge in [-0.1, -0.05) is 11.6 Å². The van der Waals surface area contributed by atoms with Gasteiger partial charge in [0.2, 0.25) is 0 Å². The van der Waals surface area contributed by atoms with Crippen LogP contribution in [-0.4, -0.2) is 9.55 Å². The zero-order chi connectivity index (χ0) is 15.1. The number of halogens is 5. The van der Waals surface area contributed by atoms with Crippen LogP contribution in [0.15, 0.2) is 34.8 Å². The van der Waals surface area contributed by atoms with E-state index < -0.39 is 0 Å². The molecule has 0 amide bonds. The highest BCUT2D eigenvalue weighted by molar-refractivity contribution is 14.1. The molecule has 0 atom stereocenters. The van der Waals surface area contributed by atoms with Gasteiger partial charge in [-0.15, -0.1) is 11.6 Å². The number of hydrogen-bond acceptors (Lipinski definition) is 1. The van der Waals surface area contributed by atoms with Gasteiger partial charge in [0.05, 0.1) is 32.1 Å². The smallest absolute Gasteiger partial charge is 0.139 e. The highest BCUT2D eigenvalue weighted by Crippen LogP contribution is 2.31. The minimum absolute atomic E-state index is 0.205. The molecule has 0 saturated carbocycles. The molecule has 1 heterocycles. The number of imidazole rings is 1. The first-order valence-electron chi connectivity index (χ1n) is 5.89. The largest absolute Gasteiger partial charge is 0.294 e. The monoisotopic (exact) mass is 498 g/mol. The van der Waals surface area contributed by atoms with Gasteiger partial charge in [-0.05, 0) is 62.8 Å². The summed E-state index contributed by atoms with van der Waals surface area (Å²) in [5.74, 6) is 0.463. The number of aromatic nitrogens is 2. The lowest BCUT2D eigenvalue weighted by Gasteiger charge is -2.10. The lowest BCUT2D eigenvalue weighted by atomic mass is 10.2. The fourth-order valence-electron chi connectivity index (χ4n) is 2.14. The van der Waals surface area contributed by atoms with Crippen molar-refractivity contribution in [3.05, 3.63) is 55.0 Å².